The Hall–Kier alpha value is -2.33. The molecular formula is C16H19ClN2O7S. The second-order valence-corrected chi connectivity index (χ2v) is 8.66. The zero-order chi connectivity index (χ0) is 20.0. The minimum absolute atomic E-state index is 0.0149. The molecule has 11 heteroatoms. The predicted octanol–water partition coefficient (Wildman–Crippen LogP) is 0.478. The zero-order valence-electron chi connectivity index (χ0n) is 14.5. The molecule has 2 N–H and O–H groups in total. The van der Waals surface area contributed by atoms with Crippen LogP contribution in [-0.4, -0.2) is 51.4 Å². The number of benzene rings is 1. The van der Waals surface area contributed by atoms with Crippen LogP contribution in [0.25, 0.3) is 0 Å². The van der Waals surface area contributed by atoms with Gasteiger partial charge in [-0.2, -0.15) is 0 Å². The Kier molecular flexibility index (Phi) is 7.03. The lowest BCUT2D eigenvalue weighted by molar-refractivity contribution is -0.131. The van der Waals surface area contributed by atoms with Crippen LogP contribution in [0.1, 0.15) is 23.2 Å². The van der Waals surface area contributed by atoms with Gasteiger partial charge in [-0.05, 0) is 30.5 Å². The van der Waals surface area contributed by atoms with Crippen molar-refractivity contribution in [2.45, 2.75) is 12.8 Å². The molecule has 0 bridgehead atoms. The zero-order valence-corrected chi connectivity index (χ0v) is 16.1. The highest BCUT2D eigenvalue weighted by atomic mass is 35.5. The van der Waals surface area contributed by atoms with Crippen molar-refractivity contribution < 1.29 is 32.3 Å². The van der Waals surface area contributed by atoms with Gasteiger partial charge < -0.3 is 9.47 Å². The molecule has 1 aromatic carbocycles. The third-order valence-corrected chi connectivity index (χ3v) is 5.93. The first-order valence-electron chi connectivity index (χ1n) is 7.99. The molecule has 1 heterocycles. The number of hydrazine groups is 1. The number of carbonyl (C=O) groups excluding carboxylic acids is 3. The van der Waals surface area contributed by atoms with Crippen LogP contribution in [0.2, 0.25) is 5.02 Å². The molecule has 0 aliphatic carbocycles. The van der Waals surface area contributed by atoms with Gasteiger partial charge in [-0.1, -0.05) is 11.6 Å². The fourth-order valence-electron chi connectivity index (χ4n) is 2.57. The smallest absolute Gasteiger partial charge is 0.342 e. The number of ether oxygens (including phenoxy) is 2. The van der Waals surface area contributed by atoms with Gasteiger partial charge >= 0.3 is 5.97 Å². The van der Waals surface area contributed by atoms with E-state index in [0.717, 1.165) is 0 Å². The van der Waals surface area contributed by atoms with Crippen molar-refractivity contribution in [1.29, 1.82) is 0 Å². The van der Waals surface area contributed by atoms with Crippen LogP contribution in [0.15, 0.2) is 18.2 Å². The van der Waals surface area contributed by atoms with E-state index >= 15 is 0 Å². The number of carbonyl (C=O) groups is 3. The van der Waals surface area contributed by atoms with Gasteiger partial charge in [-0.3, -0.25) is 20.4 Å². The van der Waals surface area contributed by atoms with Crippen LogP contribution in [0.4, 0.5) is 0 Å². The maximum atomic E-state index is 12.0. The van der Waals surface area contributed by atoms with Crippen LogP contribution >= 0.6 is 11.6 Å². The molecule has 0 unspecified atom stereocenters. The topological polar surface area (TPSA) is 128 Å². The average Bonchev–Trinajstić information content (AvgIpc) is 2.96. The summed E-state index contributed by atoms with van der Waals surface area (Å²) in [6.07, 6.45) is 0.405. The number of esters is 1. The molecule has 1 aliphatic rings. The first-order chi connectivity index (χ1) is 12.7. The number of halogens is 1. The quantitative estimate of drug-likeness (QED) is 0.507. The van der Waals surface area contributed by atoms with Crippen molar-refractivity contribution in [1.82, 2.24) is 10.9 Å². The van der Waals surface area contributed by atoms with Gasteiger partial charge in [0.15, 0.2) is 16.4 Å². The maximum absolute atomic E-state index is 12.0. The number of rotatable bonds is 6. The predicted molar refractivity (Wildman–Crippen MR) is 95.9 cm³/mol. The van der Waals surface area contributed by atoms with Gasteiger partial charge in [0, 0.05) is 11.4 Å². The molecule has 1 aliphatic heterocycles. The van der Waals surface area contributed by atoms with E-state index in [4.69, 9.17) is 21.1 Å². The summed E-state index contributed by atoms with van der Waals surface area (Å²) in [5.41, 5.74) is 4.32. The standard InChI is InChI=1S/C16H19ClN2O7S/c1-25-13-3-2-11(17)7-12(13)16(22)26-8-15(21)19-18-14(20)6-10-4-5-27(23,24)9-10/h2-3,7,10H,4-6,8-9H2,1H3,(H,18,20)(H,19,21)/t10-/m1/s1. The Morgan fingerprint density at radius 1 is 1.22 bits per heavy atom. The fraction of sp³-hybridized carbons (Fsp3) is 0.438. The first kappa shape index (κ1) is 21.0. The van der Waals surface area contributed by atoms with E-state index in [2.05, 4.69) is 10.9 Å². The second kappa shape index (κ2) is 9.05. The summed E-state index contributed by atoms with van der Waals surface area (Å²) < 4.78 is 32.6. The SMILES string of the molecule is COc1ccc(Cl)cc1C(=O)OCC(=O)NNC(=O)C[C@H]1CCS(=O)(=O)C1. The van der Waals surface area contributed by atoms with E-state index < -0.39 is 34.2 Å². The lowest BCUT2D eigenvalue weighted by atomic mass is 10.1. The Labute approximate surface area is 161 Å². The summed E-state index contributed by atoms with van der Waals surface area (Å²) in [5.74, 6) is -2.07. The van der Waals surface area contributed by atoms with Crippen LogP contribution in [0, 0.1) is 5.92 Å². The lowest BCUT2D eigenvalue weighted by Crippen LogP contribution is -2.44. The summed E-state index contributed by atoms with van der Waals surface area (Å²) in [5, 5.41) is 0.299. The van der Waals surface area contributed by atoms with Gasteiger partial charge in [0.1, 0.15) is 11.3 Å². The number of hydrogen-bond donors (Lipinski definition) is 2. The third-order valence-electron chi connectivity index (χ3n) is 3.86. The molecule has 0 spiro atoms. The van der Waals surface area contributed by atoms with Crippen LogP contribution < -0.4 is 15.6 Å². The summed E-state index contributed by atoms with van der Waals surface area (Å²) in [7, 11) is -1.70. The van der Waals surface area contributed by atoms with Crippen molar-refractivity contribution in [3.63, 3.8) is 0 Å². The molecular weight excluding hydrogens is 400 g/mol. The van der Waals surface area contributed by atoms with Gasteiger partial charge in [-0.15, -0.1) is 0 Å². The van der Waals surface area contributed by atoms with Crippen molar-refractivity contribution in [2.24, 2.45) is 5.92 Å². The number of hydrogen-bond acceptors (Lipinski definition) is 7. The number of nitrogens with one attached hydrogen (secondary N) is 2. The average molecular weight is 419 g/mol. The Balaban J connectivity index is 1.75. The van der Waals surface area contributed by atoms with E-state index in [1.165, 1.54) is 25.3 Å². The van der Waals surface area contributed by atoms with E-state index in [1.807, 2.05) is 0 Å². The summed E-state index contributed by atoms with van der Waals surface area (Å²) in [4.78, 5) is 35.4. The minimum Gasteiger partial charge on any atom is -0.496 e. The third kappa shape index (κ3) is 6.40. The van der Waals surface area contributed by atoms with Crippen molar-refractivity contribution >= 4 is 39.2 Å². The van der Waals surface area contributed by atoms with Gasteiger partial charge in [0.2, 0.25) is 5.91 Å². The monoisotopic (exact) mass is 418 g/mol. The number of amides is 2. The Morgan fingerprint density at radius 2 is 1.93 bits per heavy atom. The fourth-order valence-corrected chi connectivity index (χ4v) is 4.60. The molecule has 2 amide bonds. The normalized spacial score (nSPS) is 17.8. The summed E-state index contributed by atoms with van der Waals surface area (Å²) in [6, 6.07) is 4.37. The van der Waals surface area contributed by atoms with Crippen molar-refractivity contribution in [3.05, 3.63) is 28.8 Å². The molecule has 1 fully saturated rings. The van der Waals surface area contributed by atoms with Gasteiger partial charge in [0.25, 0.3) is 5.91 Å². The van der Waals surface area contributed by atoms with E-state index in [1.54, 1.807) is 0 Å². The van der Waals surface area contributed by atoms with E-state index in [-0.39, 0.29) is 35.2 Å². The summed E-state index contributed by atoms with van der Waals surface area (Å²) >= 11 is 5.82. The Morgan fingerprint density at radius 3 is 2.56 bits per heavy atom. The lowest BCUT2D eigenvalue weighted by Gasteiger charge is -2.11. The van der Waals surface area contributed by atoms with Crippen LogP contribution in [-0.2, 0) is 24.2 Å². The molecule has 0 radical (unpaired) electrons. The molecule has 1 atom stereocenters. The van der Waals surface area contributed by atoms with Gasteiger partial charge in [0.05, 0.1) is 18.6 Å². The highest BCUT2D eigenvalue weighted by molar-refractivity contribution is 7.91. The van der Waals surface area contributed by atoms with Crippen LogP contribution in [0.3, 0.4) is 0 Å². The summed E-state index contributed by atoms with van der Waals surface area (Å²) in [6.45, 7) is -0.632. The van der Waals surface area contributed by atoms with E-state index in [0.29, 0.717) is 11.4 Å². The maximum Gasteiger partial charge on any atom is 0.342 e. The minimum atomic E-state index is -3.07. The molecule has 0 saturated carbocycles. The van der Waals surface area contributed by atoms with Crippen LogP contribution in [0.5, 0.6) is 5.75 Å². The Bertz CT molecular complexity index is 841. The van der Waals surface area contributed by atoms with Gasteiger partial charge in [-0.25, -0.2) is 13.2 Å². The first-order valence-corrected chi connectivity index (χ1v) is 10.2. The molecule has 9 nitrogen and oxygen atoms in total. The molecule has 1 aromatic rings. The largest absolute Gasteiger partial charge is 0.496 e. The van der Waals surface area contributed by atoms with Crippen molar-refractivity contribution in [2.75, 3.05) is 25.2 Å². The van der Waals surface area contributed by atoms with E-state index in [9.17, 15) is 22.8 Å². The molecule has 1 saturated heterocycles. The number of sulfone groups is 1. The second-order valence-electron chi connectivity index (χ2n) is 5.99. The molecule has 148 valence electrons. The highest BCUT2D eigenvalue weighted by Gasteiger charge is 2.29. The molecule has 2 rings (SSSR count). The van der Waals surface area contributed by atoms with Crippen molar-refractivity contribution in [3.8, 4) is 5.75 Å². The molecule has 0 aromatic heterocycles. The molecule has 27 heavy (non-hydrogen) atoms. The number of methoxy groups -OCH3 is 1. The highest BCUT2D eigenvalue weighted by Crippen LogP contribution is 2.23.